The molecular formula is C24H24O2S4Si2. The molecule has 3 aromatic rings. The van der Waals surface area contributed by atoms with Gasteiger partial charge in [0.05, 0.1) is 27.3 Å². The second kappa shape index (κ2) is 7.68. The maximum absolute atomic E-state index is 13.0. The first-order valence-corrected chi connectivity index (χ1v) is 20.8. The molecule has 5 rings (SSSR count). The maximum atomic E-state index is 13.0. The van der Waals surface area contributed by atoms with Crippen LogP contribution in [0, 0.1) is 0 Å². The van der Waals surface area contributed by atoms with E-state index in [9.17, 15) is 9.59 Å². The zero-order chi connectivity index (χ0) is 23.0. The van der Waals surface area contributed by atoms with Crippen LogP contribution in [0.5, 0.6) is 0 Å². The van der Waals surface area contributed by atoms with Gasteiger partial charge in [-0.25, -0.2) is 0 Å². The first kappa shape index (κ1) is 22.6. The van der Waals surface area contributed by atoms with Crippen LogP contribution in [0.4, 0.5) is 0 Å². The highest BCUT2D eigenvalue weighted by molar-refractivity contribution is 8.15. The van der Waals surface area contributed by atoms with E-state index in [4.69, 9.17) is 0 Å². The summed E-state index contributed by atoms with van der Waals surface area (Å²) < 4.78 is 2.81. The van der Waals surface area contributed by atoms with E-state index < -0.39 is 16.1 Å². The van der Waals surface area contributed by atoms with Crippen LogP contribution in [0.15, 0.2) is 46.2 Å². The third-order valence-electron chi connectivity index (χ3n) is 5.62. The molecule has 32 heavy (non-hydrogen) atoms. The standard InChI is InChI=1S/C24H24O2S4Si2/c1-31(2,3)19-9-7-15(27-19)21-13-11-18-14(12-17(13)29-23(21)25)22(24(26)30-18)16-8-10-20(28-16)32(4,5)6/h7-12H,1-6H3. The Kier molecular flexibility index (Phi) is 5.43. The third kappa shape index (κ3) is 3.78. The zero-order valence-corrected chi connectivity index (χ0v) is 24.2. The highest BCUT2D eigenvalue weighted by Gasteiger charge is 2.31. The number of hydrogen-bond acceptors (Lipinski definition) is 6. The number of carbonyl (C=O) groups excluding carboxylic acids is 2. The van der Waals surface area contributed by atoms with Gasteiger partial charge >= 0.3 is 0 Å². The fourth-order valence-electron chi connectivity index (χ4n) is 3.86. The van der Waals surface area contributed by atoms with E-state index in [1.807, 2.05) is 0 Å². The van der Waals surface area contributed by atoms with Crippen LogP contribution in [-0.2, 0) is 9.59 Å². The fraction of sp³-hybridized carbons (Fsp3) is 0.250. The summed E-state index contributed by atoms with van der Waals surface area (Å²) in [5.41, 5.74) is 1.61. The van der Waals surface area contributed by atoms with Crippen molar-refractivity contribution in [2.24, 2.45) is 0 Å². The second-order valence-corrected chi connectivity index (χ2v) is 25.2. The van der Waals surface area contributed by atoms with Crippen LogP contribution in [0.2, 0.25) is 39.3 Å². The summed E-state index contributed by atoms with van der Waals surface area (Å²) in [4.78, 5) is 30.1. The van der Waals surface area contributed by atoms with Crippen LogP contribution in [0.25, 0.3) is 11.1 Å². The van der Waals surface area contributed by atoms with Gasteiger partial charge in [0.2, 0.25) is 10.2 Å². The van der Waals surface area contributed by atoms with Crippen molar-refractivity contribution in [3.8, 4) is 0 Å². The summed E-state index contributed by atoms with van der Waals surface area (Å²) in [6, 6.07) is 12.8. The summed E-state index contributed by atoms with van der Waals surface area (Å²) in [6.07, 6.45) is 0. The topological polar surface area (TPSA) is 34.1 Å². The molecule has 2 aliphatic heterocycles. The quantitative estimate of drug-likeness (QED) is 0.465. The van der Waals surface area contributed by atoms with Gasteiger partial charge in [0, 0.05) is 30.0 Å². The van der Waals surface area contributed by atoms with E-state index in [-0.39, 0.29) is 10.2 Å². The highest BCUT2D eigenvalue weighted by atomic mass is 32.2. The van der Waals surface area contributed by atoms with Crippen molar-refractivity contribution in [2.75, 3.05) is 0 Å². The van der Waals surface area contributed by atoms with Gasteiger partial charge in [0.25, 0.3) is 0 Å². The summed E-state index contributed by atoms with van der Waals surface area (Å²) in [5.74, 6) is 0. The van der Waals surface area contributed by atoms with Crippen LogP contribution in [0.1, 0.15) is 9.75 Å². The molecule has 0 unspecified atom stereocenters. The molecule has 8 heteroatoms. The Hall–Kier alpha value is -1.17. The molecule has 164 valence electrons. The molecule has 2 aliphatic rings. The summed E-state index contributed by atoms with van der Waals surface area (Å²) >= 11 is 6.12. The van der Waals surface area contributed by atoms with E-state index >= 15 is 0 Å². The Bertz CT molecular complexity index is 1320. The molecule has 0 fully saturated rings. The number of hydrogen-bond donors (Lipinski definition) is 0. The normalized spacial score (nSPS) is 16.2. The average Bonchev–Trinajstić information content (AvgIpc) is 3.41. The largest absolute Gasteiger partial charge is 0.281 e. The third-order valence-corrected chi connectivity index (χ3v) is 16.9. The lowest BCUT2D eigenvalue weighted by atomic mass is 10.1. The molecule has 1 aromatic carbocycles. The van der Waals surface area contributed by atoms with Gasteiger partial charge in [-0.05, 0) is 56.8 Å². The van der Waals surface area contributed by atoms with Gasteiger partial charge in [-0.15, -0.1) is 22.7 Å². The number of thiophene rings is 2. The minimum absolute atomic E-state index is 0.114. The molecule has 0 amide bonds. The monoisotopic (exact) mass is 528 g/mol. The molecule has 0 saturated heterocycles. The molecule has 0 radical (unpaired) electrons. The number of fused-ring (bicyclic) bond motifs is 2. The van der Waals surface area contributed by atoms with E-state index in [1.54, 1.807) is 22.7 Å². The van der Waals surface area contributed by atoms with E-state index in [2.05, 4.69) is 75.7 Å². The van der Waals surface area contributed by atoms with Crippen molar-refractivity contribution in [2.45, 2.75) is 49.1 Å². The van der Waals surface area contributed by atoms with Gasteiger partial charge in [-0.2, -0.15) is 0 Å². The van der Waals surface area contributed by atoms with E-state index in [1.165, 1.54) is 32.5 Å². The van der Waals surface area contributed by atoms with Crippen molar-refractivity contribution in [1.29, 1.82) is 0 Å². The number of carbonyl (C=O) groups is 2. The molecule has 0 spiro atoms. The Morgan fingerprint density at radius 2 is 0.969 bits per heavy atom. The van der Waals surface area contributed by atoms with Crippen LogP contribution in [0.3, 0.4) is 0 Å². The molecule has 2 nitrogen and oxygen atoms in total. The van der Waals surface area contributed by atoms with Crippen LogP contribution < -0.4 is 19.4 Å². The van der Waals surface area contributed by atoms with Gasteiger partial charge in [0.1, 0.15) is 0 Å². The average molecular weight is 529 g/mol. The van der Waals surface area contributed by atoms with Gasteiger partial charge in [0.15, 0.2) is 0 Å². The van der Waals surface area contributed by atoms with E-state index in [0.29, 0.717) is 0 Å². The van der Waals surface area contributed by atoms with Crippen molar-refractivity contribution >= 4 is 92.7 Å². The number of thioether (sulfide) groups is 2. The SMILES string of the molecule is C[Si](C)(C)c1ccc(C2=c3cc4c(cc3SC2=O)=C(c2ccc([Si](C)(C)C)s2)C(=O)S4)s1. The Labute approximate surface area is 206 Å². The molecule has 0 saturated carbocycles. The van der Waals surface area contributed by atoms with Crippen molar-refractivity contribution in [1.82, 2.24) is 0 Å². The maximum Gasteiger partial charge on any atom is 0.226 e. The predicted octanol–water partition coefficient (Wildman–Crippen LogP) is 4.56. The Morgan fingerprint density at radius 1 is 0.594 bits per heavy atom. The summed E-state index contributed by atoms with van der Waals surface area (Å²) in [7, 11) is -2.84. The minimum atomic E-state index is -1.42. The Balaban J connectivity index is 1.69. The Morgan fingerprint density at radius 3 is 1.28 bits per heavy atom. The molecule has 0 aliphatic carbocycles. The first-order chi connectivity index (χ1) is 14.9. The minimum Gasteiger partial charge on any atom is -0.281 e. The lowest BCUT2D eigenvalue weighted by molar-refractivity contribution is -0.106. The lowest BCUT2D eigenvalue weighted by Crippen LogP contribution is -2.34. The second-order valence-electron chi connectivity index (χ2n) is 10.2. The first-order valence-electron chi connectivity index (χ1n) is 10.5. The molecule has 4 heterocycles. The summed E-state index contributed by atoms with van der Waals surface area (Å²) in [6.45, 7) is 14.0. The predicted molar refractivity (Wildman–Crippen MR) is 147 cm³/mol. The zero-order valence-electron chi connectivity index (χ0n) is 18.9. The number of benzene rings is 1. The van der Waals surface area contributed by atoms with E-state index in [0.717, 1.165) is 41.1 Å². The van der Waals surface area contributed by atoms with Crippen LogP contribution >= 0.6 is 46.2 Å². The van der Waals surface area contributed by atoms with Crippen LogP contribution in [-0.4, -0.2) is 26.4 Å². The smallest absolute Gasteiger partial charge is 0.226 e. The molecule has 2 aromatic heterocycles. The molecule has 0 N–H and O–H groups in total. The van der Waals surface area contributed by atoms with Crippen molar-refractivity contribution in [3.63, 3.8) is 0 Å². The van der Waals surface area contributed by atoms with Gasteiger partial charge in [-0.1, -0.05) is 51.4 Å². The van der Waals surface area contributed by atoms with Gasteiger partial charge < -0.3 is 0 Å². The summed E-state index contributed by atoms with van der Waals surface area (Å²) in [5, 5.41) is 2.20. The van der Waals surface area contributed by atoms with Crippen molar-refractivity contribution in [3.05, 3.63) is 56.6 Å². The fourth-order valence-corrected chi connectivity index (χ4v) is 11.8. The number of rotatable bonds is 4. The van der Waals surface area contributed by atoms with Gasteiger partial charge in [-0.3, -0.25) is 9.59 Å². The molecule has 0 bridgehead atoms. The highest BCUT2D eigenvalue weighted by Crippen LogP contribution is 2.36. The molecular weight excluding hydrogens is 505 g/mol. The van der Waals surface area contributed by atoms with Crippen molar-refractivity contribution < 1.29 is 9.59 Å². The lowest BCUT2D eigenvalue weighted by Gasteiger charge is -2.12. The molecule has 0 atom stereocenters.